The topological polar surface area (TPSA) is 101 Å². The highest BCUT2D eigenvalue weighted by molar-refractivity contribution is 5.90. The van der Waals surface area contributed by atoms with Gasteiger partial charge >= 0.3 is 5.69 Å². The normalized spacial score (nSPS) is 11.3. The lowest BCUT2D eigenvalue weighted by molar-refractivity contribution is 0.413. The average molecular weight is 358 g/mol. The Morgan fingerprint density at radius 1 is 1.04 bits per heavy atom. The number of benzene rings is 2. The van der Waals surface area contributed by atoms with E-state index in [0.717, 1.165) is 16.6 Å². The van der Waals surface area contributed by atoms with Gasteiger partial charge in [0.1, 0.15) is 11.3 Å². The van der Waals surface area contributed by atoms with E-state index in [0.29, 0.717) is 28.4 Å². The molecule has 2 aromatic carbocycles. The van der Waals surface area contributed by atoms with E-state index < -0.39 is 0 Å². The summed E-state index contributed by atoms with van der Waals surface area (Å²) in [4.78, 5) is 31.9. The predicted molar refractivity (Wildman–Crippen MR) is 101 cm³/mol. The van der Waals surface area contributed by atoms with Crippen molar-refractivity contribution in [2.24, 2.45) is 0 Å². The van der Waals surface area contributed by atoms with Gasteiger partial charge < -0.3 is 14.7 Å². The molecule has 8 nitrogen and oxygen atoms in total. The Morgan fingerprint density at radius 3 is 2.81 bits per heavy atom. The minimum atomic E-state index is -0.307. The molecule has 0 aliphatic carbocycles. The minimum absolute atomic E-state index is 0.307. The van der Waals surface area contributed by atoms with Gasteiger partial charge in [-0.2, -0.15) is 0 Å². The largest absolute Gasteiger partial charge is 0.495 e. The monoisotopic (exact) mass is 358 g/mol. The number of para-hydroxylation sites is 3. The van der Waals surface area contributed by atoms with Crippen molar-refractivity contribution in [3.05, 3.63) is 65.5 Å². The van der Waals surface area contributed by atoms with Crippen LogP contribution in [0.15, 0.2) is 59.8 Å². The molecule has 0 unspecified atom stereocenters. The molecule has 0 bridgehead atoms. The first kappa shape index (κ1) is 15.3. The second kappa shape index (κ2) is 5.80. The fourth-order valence-electron chi connectivity index (χ4n) is 3.21. The first-order chi connectivity index (χ1) is 13.3. The van der Waals surface area contributed by atoms with E-state index in [4.69, 9.17) is 4.74 Å². The highest BCUT2D eigenvalue weighted by Gasteiger charge is 2.16. The van der Waals surface area contributed by atoms with Crippen LogP contribution in [0, 0.1) is 0 Å². The number of rotatable bonds is 3. The van der Waals surface area contributed by atoms with Gasteiger partial charge in [-0.3, -0.25) is 0 Å². The average Bonchev–Trinajstić information content (AvgIpc) is 3.30. The highest BCUT2D eigenvalue weighted by atomic mass is 16.5. The van der Waals surface area contributed by atoms with Gasteiger partial charge in [0.15, 0.2) is 11.5 Å². The smallest absolute Gasteiger partial charge is 0.332 e. The number of nitrogens with zero attached hydrogens (tertiary/aromatic N) is 4. The van der Waals surface area contributed by atoms with Crippen LogP contribution in [0.2, 0.25) is 0 Å². The van der Waals surface area contributed by atoms with Crippen molar-refractivity contribution in [1.82, 2.24) is 29.5 Å². The Bertz CT molecular complexity index is 1350. The lowest BCUT2D eigenvalue weighted by atomic mass is 10.1. The molecule has 0 aliphatic heterocycles. The number of imidazole rings is 2. The molecule has 0 aliphatic rings. The van der Waals surface area contributed by atoms with Crippen LogP contribution in [0.1, 0.15) is 0 Å². The number of aromatic nitrogens is 6. The van der Waals surface area contributed by atoms with Crippen LogP contribution in [-0.2, 0) is 0 Å². The van der Waals surface area contributed by atoms with Crippen molar-refractivity contribution in [3.8, 4) is 22.8 Å². The van der Waals surface area contributed by atoms with E-state index in [1.807, 2.05) is 36.4 Å². The summed E-state index contributed by atoms with van der Waals surface area (Å²) in [5.41, 5.74) is 3.78. The predicted octanol–water partition coefficient (Wildman–Crippen LogP) is 2.66. The van der Waals surface area contributed by atoms with Gasteiger partial charge in [-0.15, -0.1) is 0 Å². The zero-order valence-corrected chi connectivity index (χ0v) is 14.3. The third kappa shape index (κ3) is 2.30. The molecule has 5 aromatic rings. The summed E-state index contributed by atoms with van der Waals surface area (Å²) in [5.74, 6) is 1.07. The van der Waals surface area contributed by atoms with E-state index in [-0.39, 0.29) is 5.69 Å². The molecule has 0 amide bonds. The molecule has 0 fully saturated rings. The van der Waals surface area contributed by atoms with Crippen LogP contribution in [0.5, 0.6) is 5.75 Å². The van der Waals surface area contributed by atoms with Crippen molar-refractivity contribution in [1.29, 1.82) is 0 Å². The zero-order chi connectivity index (χ0) is 18.4. The van der Waals surface area contributed by atoms with Gasteiger partial charge in [-0.1, -0.05) is 18.2 Å². The molecular formula is C19H14N6O2. The van der Waals surface area contributed by atoms with E-state index >= 15 is 0 Å². The van der Waals surface area contributed by atoms with Crippen LogP contribution in [0.25, 0.3) is 39.3 Å². The third-order valence-electron chi connectivity index (χ3n) is 4.44. The standard InChI is InChI=1S/C19H14N6O2/c1-27-15-8-3-2-7-14(15)25-18-13(23-19(25)26)9-20-17(24-18)11-5-4-6-12-16(11)22-10-21-12/h2-10H,1H3,(H,21,22)(H,23,26). The number of aromatic amines is 2. The van der Waals surface area contributed by atoms with Gasteiger partial charge in [0.25, 0.3) is 0 Å². The highest BCUT2D eigenvalue weighted by Crippen LogP contribution is 2.27. The molecule has 2 N–H and O–H groups in total. The molecule has 0 saturated heterocycles. The van der Waals surface area contributed by atoms with E-state index in [1.54, 1.807) is 25.7 Å². The molecule has 3 heterocycles. The lowest BCUT2D eigenvalue weighted by Gasteiger charge is -2.09. The molecule has 3 aromatic heterocycles. The quantitative estimate of drug-likeness (QED) is 0.516. The van der Waals surface area contributed by atoms with Gasteiger partial charge in [0.05, 0.1) is 36.4 Å². The Balaban J connectivity index is 1.79. The number of H-pyrrole nitrogens is 2. The van der Waals surface area contributed by atoms with E-state index in [9.17, 15) is 4.79 Å². The molecule has 0 atom stereocenters. The first-order valence-electron chi connectivity index (χ1n) is 8.30. The molecule has 0 spiro atoms. The van der Waals surface area contributed by atoms with Gasteiger partial charge in [-0.25, -0.2) is 24.3 Å². The Hall–Kier alpha value is -3.94. The summed E-state index contributed by atoms with van der Waals surface area (Å²) in [6.07, 6.45) is 3.24. The summed E-state index contributed by atoms with van der Waals surface area (Å²) in [6.45, 7) is 0. The SMILES string of the molecule is COc1ccccc1-n1c(=O)[nH]c2cnc(-c3cccc4[nH]cnc34)nc21. The van der Waals surface area contributed by atoms with Crippen LogP contribution >= 0.6 is 0 Å². The van der Waals surface area contributed by atoms with Crippen LogP contribution < -0.4 is 10.4 Å². The number of nitrogens with one attached hydrogen (secondary N) is 2. The van der Waals surface area contributed by atoms with Gasteiger partial charge in [0.2, 0.25) is 0 Å². The number of ether oxygens (including phenoxy) is 1. The lowest BCUT2D eigenvalue weighted by Crippen LogP contribution is -2.15. The van der Waals surface area contributed by atoms with Crippen molar-refractivity contribution in [2.45, 2.75) is 0 Å². The second-order valence-corrected chi connectivity index (χ2v) is 5.97. The Labute approximate surface area is 152 Å². The van der Waals surface area contributed by atoms with Crippen LogP contribution in [0.3, 0.4) is 0 Å². The summed E-state index contributed by atoms with van der Waals surface area (Å²) >= 11 is 0. The van der Waals surface area contributed by atoms with Crippen molar-refractivity contribution < 1.29 is 4.74 Å². The fourth-order valence-corrected chi connectivity index (χ4v) is 3.21. The van der Waals surface area contributed by atoms with Crippen LogP contribution in [0.4, 0.5) is 0 Å². The van der Waals surface area contributed by atoms with Gasteiger partial charge in [-0.05, 0) is 24.3 Å². The second-order valence-electron chi connectivity index (χ2n) is 5.97. The van der Waals surface area contributed by atoms with Crippen molar-refractivity contribution >= 4 is 22.2 Å². The number of hydrogen-bond donors (Lipinski definition) is 2. The van der Waals surface area contributed by atoms with E-state index in [1.165, 1.54) is 4.57 Å². The maximum absolute atomic E-state index is 12.6. The zero-order valence-electron chi connectivity index (χ0n) is 14.3. The molecule has 0 radical (unpaired) electrons. The Morgan fingerprint density at radius 2 is 1.93 bits per heavy atom. The number of methoxy groups -OCH3 is 1. The Kier molecular flexibility index (Phi) is 3.29. The molecule has 132 valence electrons. The summed E-state index contributed by atoms with van der Waals surface area (Å²) in [6, 6.07) is 13.1. The maximum Gasteiger partial charge on any atom is 0.332 e. The number of hydrogen-bond acceptors (Lipinski definition) is 5. The summed E-state index contributed by atoms with van der Waals surface area (Å²) in [5, 5.41) is 0. The molecule has 8 heteroatoms. The third-order valence-corrected chi connectivity index (χ3v) is 4.44. The van der Waals surface area contributed by atoms with E-state index in [2.05, 4.69) is 24.9 Å². The maximum atomic E-state index is 12.6. The summed E-state index contributed by atoms with van der Waals surface area (Å²) in [7, 11) is 1.57. The van der Waals surface area contributed by atoms with Gasteiger partial charge in [0, 0.05) is 5.56 Å². The molecule has 27 heavy (non-hydrogen) atoms. The van der Waals surface area contributed by atoms with Crippen LogP contribution in [-0.4, -0.2) is 36.6 Å². The minimum Gasteiger partial charge on any atom is -0.495 e. The van der Waals surface area contributed by atoms with Crippen molar-refractivity contribution in [2.75, 3.05) is 7.11 Å². The molecular weight excluding hydrogens is 344 g/mol. The number of fused-ring (bicyclic) bond motifs is 2. The molecule has 5 rings (SSSR count). The first-order valence-corrected chi connectivity index (χ1v) is 8.30. The van der Waals surface area contributed by atoms with Crippen molar-refractivity contribution in [3.63, 3.8) is 0 Å². The summed E-state index contributed by atoms with van der Waals surface area (Å²) < 4.78 is 6.89. The molecule has 0 saturated carbocycles. The fraction of sp³-hybridized carbons (Fsp3) is 0.0526.